The van der Waals surface area contributed by atoms with E-state index in [9.17, 15) is 0 Å². The highest BCUT2D eigenvalue weighted by molar-refractivity contribution is 6.46. The topological polar surface area (TPSA) is 18.5 Å². The van der Waals surface area contributed by atoms with Crippen molar-refractivity contribution in [3.8, 4) is 0 Å². The fourth-order valence-electron chi connectivity index (χ4n) is 1.72. The third-order valence-electron chi connectivity index (χ3n) is 3.56. The fourth-order valence-corrected chi connectivity index (χ4v) is 1.72. The highest BCUT2D eigenvalue weighted by atomic mass is 16.7. The Hall–Kier alpha value is -0.535. The third kappa shape index (κ3) is 3.72. The van der Waals surface area contributed by atoms with E-state index in [0.29, 0.717) is 0 Å². The van der Waals surface area contributed by atoms with Crippen LogP contribution in [-0.2, 0) is 9.31 Å². The number of hydrogen-bond acceptors (Lipinski definition) is 2. The second-order valence-corrected chi connectivity index (χ2v) is 6.13. The standard InChI is InChI=1S/C14H25BO2/c1-11(2)8-9-12(3)10-15-16-13(4,5)14(6,7)17-15/h8H,3,9-10H2,1-2,4-7H3. The molecule has 0 aliphatic carbocycles. The maximum atomic E-state index is 5.94. The summed E-state index contributed by atoms with van der Waals surface area (Å²) in [4.78, 5) is 0. The molecule has 0 radical (unpaired) electrons. The number of rotatable bonds is 4. The van der Waals surface area contributed by atoms with E-state index in [1.807, 2.05) is 0 Å². The first-order chi connectivity index (χ1) is 7.64. The summed E-state index contributed by atoms with van der Waals surface area (Å²) < 4.78 is 11.9. The van der Waals surface area contributed by atoms with Crippen molar-refractivity contribution in [3.05, 3.63) is 23.8 Å². The lowest BCUT2D eigenvalue weighted by Gasteiger charge is -2.32. The van der Waals surface area contributed by atoms with E-state index in [1.165, 1.54) is 5.57 Å². The summed E-state index contributed by atoms with van der Waals surface area (Å²) >= 11 is 0. The minimum atomic E-state index is -0.242. The molecule has 0 aromatic heterocycles. The van der Waals surface area contributed by atoms with Crippen molar-refractivity contribution in [2.75, 3.05) is 0 Å². The van der Waals surface area contributed by atoms with Gasteiger partial charge in [0.2, 0.25) is 0 Å². The number of allylic oxidation sites excluding steroid dienone is 3. The normalized spacial score (nSPS) is 21.4. The molecule has 0 amide bonds. The monoisotopic (exact) mass is 236 g/mol. The van der Waals surface area contributed by atoms with Crippen molar-refractivity contribution in [3.63, 3.8) is 0 Å². The Morgan fingerprint density at radius 3 is 2.00 bits per heavy atom. The lowest BCUT2D eigenvalue weighted by molar-refractivity contribution is 0.00578. The van der Waals surface area contributed by atoms with E-state index < -0.39 is 0 Å². The zero-order chi connectivity index (χ0) is 13.3. The lowest BCUT2D eigenvalue weighted by Crippen LogP contribution is -2.41. The summed E-state index contributed by atoms with van der Waals surface area (Å²) in [6.07, 6.45) is 3.87. The Morgan fingerprint density at radius 1 is 1.12 bits per heavy atom. The first kappa shape index (κ1) is 14.5. The first-order valence-corrected chi connectivity index (χ1v) is 6.30. The zero-order valence-corrected chi connectivity index (χ0v) is 12.1. The van der Waals surface area contributed by atoms with Gasteiger partial charge >= 0.3 is 7.12 Å². The Balaban J connectivity index is 2.51. The van der Waals surface area contributed by atoms with E-state index in [-0.39, 0.29) is 18.3 Å². The Labute approximate surface area is 106 Å². The van der Waals surface area contributed by atoms with Crippen molar-refractivity contribution < 1.29 is 9.31 Å². The van der Waals surface area contributed by atoms with Gasteiger partial charge in [-0.05, 0) is 48.0 Å². The van der Waals surface area contributed by atoms with Crippen LogP contribution in [0.2, 0.25) is 6.32 Å². The van der Waals surface area contributed by atoms with Crippen LogP contribution in [0.15, 0.2) is 23.8 Å². The Bertz CT molecular complexity index is 309. The maximum absolute atomic E-state index is 5.94. The minimum Gasteiger partial charge on any atom is -0.403 e. The van der Waals surface area contributed by atoms with Crippen molar-refractivity contribution in [1.29, 1.82) is 0 Å². The van der Waals surface area contributed by atoms with Gasteiger partial charge in [-0.3, -0.25) is 0 Å². The van der Waals surface area contributed by atoms with Gasteiger partial charge in [0.15, 0.2) is 0 Å². The van der Waals surface area contributed by atoms with Gasteiger partial charge in [0.25, 0.3) is 0 Å². The Morgan fingerprint density at radius 2 is 1.59 bits per heavy atom. The van der Waals surface area contributed by atoms with Crippen LogP contribution in [0.1, 0.15) is 48.0 Å². The van der Waals surface area contributed by atoms with Crippen LogP contribution in [-0.4, -0.2) is 18.3 Å². The van der Waals surface area contributed by atoms with E-state index in [2.05, 4.69) is 54.2 Å². The average molecular weight is 236 g/mol. The molecule has 1 rings (SSSR count). The Kier molecular flexibility index (Phi) is 4.26. The molecule has 1 aliphatic rings. The van der Waals surface area contributed by atoms with Crippen LogP contribution >= 0.6 is 0 Å². The predicted molar refractivity (Wildman–Crippen MR) is 74.1 cm³/mol. The quantitative estimate of drug-likeness (QED) is 0.542. The lowest BCUT2D eigenvalue weighted by atomic mass is 9.80. The molecule has 1 aliphatic heterocycles. The van der Waals surface area contributed by atoms with Gasteiger partial charge in [-0.1, -0.05) is 17.2 Å². The highest BCUT2D eigenvalue weighted by Gasteiger charge is 2.50. The van der Waals surface area contributed by atoms with Crippen LogP contribution in [0.4, 0.5) is 0 Å². The van der Waals surface area contributed by atoms with Crippen LogP contribution in [0.5, 0.6) is 0 Å². The van der Waals surface area contributed by atoms with Gasteiger partial charge < -0.3 is 9.31 Å². The summed E-state index contributed by atoms with van der Waals surface area (Å²) in [5.74, 6) is 0. The molecule has 96 valence electrons. The molecule has 0 spiro atoms. The molecule has 0 saturated carbocycles. The van der Waals surface area contributed by atoms with Crippen LogP contribution in [0.3, 0.4) is 0 Å². The van der Waals surface area contributed by atoms with Crippen molar-refractivity contribution in [1.82, 2.24) is 0 Å². The van der Waals surface area contributed by atoms with Gasteiger partial charge in [-0.15, -0.1) is 6.58 Å². The van der Waals surface area contributed by atoms with Crippen molar-refractivity contribution >= 4 is 7.12 Å². The second-order valence-electron chi connectivity index (χ2n) is 6.13. The highest BCUT2D eigenvalue weighted by Crippen LogP contribution is 2.38. The molecule has 0 bridgehead atoms. The molecule has 1 saturated heterocycles. The van der Waals surface area contributed by atoms with Gasteiger partial charge in [0, 0.05) is 6.32 Å². The van der Waals surface area contributed by atoms with E-state index in [1.54, 1.807) is 0 Å². The SMILES string of the molecule is C=C(CC=C(C)C)CB1OC(C)(C)C(C)(C)O1. The van der Waals surface area contributed by atoms with Gasteiger partial charge in [-0.2, -0.15) is 0 Å². The molecule has 3 heteroatoms. The molecule has 0 aromatic rings. The maximum Gasteiger partial charge on any atom is 0.462 e. The molecule has 0 N–H and O–H groups in total. The minimum absolute atomic E-state index is 0.155. The third-order valence-corrected chi connectivity index (χ3v) is 3.56. The van der Waals surface area contributed by atoms with Crippen LogP contribution in [0, 0.1) is 0 Å². The summed E-state index contributed by atoms with van der Waals surface area (Å²) in [7, 11) is -0.155. The van der Waals surface area contributed by atoms with Crippen LogP contribution < -0.4 is 0 Å². The molecule has 0 atom stereocenters. The molecular formula is C14H25BO2. The molecular weight excluding hydrogens is 211 g/mol. The molecule has 0 unspecified atom stereocenters. The van der Waals surface area contributed by atoms with Gasteiger partial charge in [-0.25, -0.2) is 0 Å². The van der Waals surface area contributed by atoms with Gasteiger partial charge in [0.1, 0.15) is 0 Å². The zero-order valence-electron chi connectivity index (χ0n) is 12.1. The largest absolute Gasteiger partial charge is 0.462 e. The fraction of sp³-hybridized carbons (Fsp3) is 0.714. The summed E-state index contributed by atoms with van der Waals surface area (Å²) in [5, 5.41) is 0. The first-order valence-electron chi connectivity index (χ1n) is 6.30. The summed E-state index contributed by atoms with van der Waals surface area (Å²) in [5.41, 5.74) is 1.99. The van der Waals surface area contributed by atoms with Crippen LogP contribution in [0.25, 0.3) is 0 Å². The molecule has 17 heavy (non-hydrogen) atoms. The second kappa shape index (κ2) is 4.99. The summed E-state index contributed by atoms with van der Waals surface area (Å²) in [6.45, 7) is 16.6. The van der Waals surface area contributed by atoms with E-state index in [4.69, 9.17) is 9.31 Å². The molecule has 1 heterocycles. The molecule has 1 fully saturated rings. The smallest absolute Gasteiger partial charge is 0.403 e. The predicted octanol–water partition coefficient (Wildman–Crippen LogP) is 3.99. The van der Waals surface area contributed by atoms with Crippen molar-refractivity contribution in [2.45, 2.75) is 65.5 Å². The summed E-state index contributed by atoms with van der Waals surface area (Å²) in [6, 6.07) is 0. The molecule has 0 aromatic carbocycles. The number of hydrogen-bond donors (Lipinski definition) is 0. The average Bonchev–Trinajstić information content (AvgIpc) is 2.31. The molecule has 2 nitrogen and oxygen atoms in total. The van der Waals surface area contributed by atoms with E-state index >= 15 is 0 Å². The van der Waals surface area contributed by atoms with Gasteiger partial charge in [0.05, 0.1) is 11.2 Å². The van der Waals surface area contributed by atoms with E-state index in [0.717, 1.165) is 18.3 Å². The van der Waals surface area contributed by atoms with Crippen molar-refractivity contribution in [2.24, 2.45) is 0 Å².